The molecule has 3 aliphatic rings. The molecule has 4 rings (SSSR count). The van der Waals surface area contributed by atoms with Crippen LogP contribution in [0.4, 0.5) is 0 Å². The summed E-state index contributed by atoms with van der Waals surface area (Å²) in [5.74, 6) is 0. The van der Waals surface area contributed by atoms with Gasteiger partial charge in [0.2, 0.25) is 0 Å². The Morgan fingerprint density at radius 3 is 2.40 bits per heavy atom. The Labute approximate surface area is 153 Å². The van der Waals surface area contributed by atoms with Crippen LogP contribution < -0.4 is 0 Å². The summed E-state index contributed by atoms with van der Waals surface area (Å²) in [4.78, 5) is 0. The van der Waals surface area contributed by atoms with E-state index in [1.165, 1.54) is 0 Å². The Morgan fingerprint density at radius 2 is 1.72 bits per heavy atom. The summed E-state index contributed by atoms with van der Waals surface area (Å²) in [5.41, 5.74) is 1.01. The fourth-order valence-electron chi connectivity index (χ4n) is 3.88. The van der Waals surface area contributed by atoms with Crippen molar-refractivity contribution >= 4 is 19.2 Å². The van der Waals surface area contributed by atoms with Gasteiger partial charge in [0, 0.05) is 0 Å². The second-order valence-electron chi connectivity index (χ2n) is 6.74. The molecule has 25 heavy (non-hydrogen) atoms. The quantitative estimate of drug-likeness (QED) is 0.649. The summed E-state index contributed by atoms with van der Waals surface area (Å²) < 4.78 is 38.8. The van der Waals surface area contributed by atoms with Crippen molar-refractivity contribution in [2.75, 3.05) is 13.7 Å². The van der Waals surface area contributed by atoms with E-state index in [1.807, 2.05) is 30.3 Å². The van der Waals surface area contributed by atoms with Crippen LogP contribution in [0.15, 0.2) is 30.3 Å². The molecule has 3 aliphatic heterocycles. The van der Waals surface area contributed by atoms with E-state index in [1.54, 1.807) is 7.11 Å². The molecule has 0 spiro atoms. The van der Waals surface area contributed by atoms with E-state index in [9.17, 15) is 0 Å². The minimum atomic E-state index is -3.06. The predicted octanol–water partition coefficient (Wildman–Crippen LogP) is 2.74. The van der Waals surface area contributed by atoms with Crippen molar-refractivity contribution in [3.63, 3.8) is 0 Å². The van der Waals surface area contributed by atoms with Crippen molar-refractivity contribution in [2.24, 2.45) is 0 Å². The Bertz CT molecular complexity index is 580. The molecule has 0 unspecified atom stereocenters. The molecule has 3 fully saturated rings. The van der Waals surface area contributed by atoms with Gasteiger partial charge in [0.1, 0.15) is 0 Å². The van der Waals surface area contributed by atoms with Gasteiger partial charge in [-0.1, -0.05) is 0 Å². The van der Waals surface area contributed by atoms with Gasteiger partial charge in [-0.05, 0) is 0 Å². The van der Waals surface area contributed by atoms with Crippen LogP contribution in [0.1, 0.15) is 25.7 Å². The summed E-state index contributed by atoms with van der Waals surface area (Å²) in [7, 11) is 1.65. The Hall–Kier alpha value is -0.221. The Kier molecular flexibility index (Phi) is 5.39. The van der Waals surface area contributed by atoms with Crippen molar-refractivity contribution < 1.29 is 25.1 Å². The van der Waals surface area contributed by atoms with E-state index in [0.717, 1.165) is 14.4 Å². The van der Waals surface area contributed by atoms with Gasteiger partial charge in [-0.25, -0.2) is 0 Å². The first-order chi connectivity index (χ1) is 12.2. The molecule has 7 heteroatoms. The van der Waals surface area contributed by atoms with Gasteiger partial charge in [-0.15, -0.1) is 0 Å². The molecular formula is C18H26O6Sn. The first-order valence-corrected chi connectivity index (χ1v) is 15.4. The minimum absolute atomic E-state index is 0.144. The summed E-state index contributed by atoms with van der Waals surface area (Å²) in [6, 6.07) is 9.98. The van der Waals surface area contributed by atoms with Gasteiger partial charge in [0.25, 0.3) is 0 Å². The third-order valence-corrected chi connectivity index (χ3v) is 15.5. The van der Waals surface area contributed by atoms with E-state index in [0.29, 0.717) is 6.61 Å². The SMILES string of the molecule is C[CH2][Sn]1([CH2]C)[O][C@H]2[C@H]([O]1)[C@H](OC)O[C@@H]1CO[C@H](c3ccccc3)O[C@@H]21. The van der Waals surface area contributed by atoms with E-state index in [-0.39, 0.29) is 24.4 Å². The standard InChI is InChI=1S/C14H16O6.2C2H5.Sn/c1-17-14-11(16)10(15)12-9(19-14)7-18-13(20-12)8-5-3-2-4-6-8;2*1-2;/h2-6,9-14H,7H2,1H3;2*1H2,2H3;/q-2;;;+2/t9-,10+,11+,12-,13+,14-;;;/m1.../s1. The predicted molar refractivity (Wildman–Crippen MR) is 92.1 cm³/mol. The summed E-state index contributed by atoms with van der Waals surface area (Å²) in [6.07, 6.45) is -1.59. The Morgan fingerprint density at radius 1 is 1.00 bits per heavy atom. The van der Waals surface area contributed by atoms with E-state index < -0.39 is 31.8 Å². The van der Waals surface area contributed by atoms with Crippen LogP contribution in [0.2, 0.25) is 8.87 Å². The molecule has 0 radical (unpaired) electrons. The van der Waals surface area contributed by atoms with Crippen molar-refractivity contribution in [1.82, 2.24) is 0 Å². The average Bonchev–Trinajstić information content (AvgIpc) is 3.08. The first-order valence-electron chi connectivity index (χ1n) is 9.05. The van der Waals surface area contributed by atoms with Crippen LogP contribution in [-0.2, 0) is 25.1 Å². The van der Waals surface area contributed by atoms with Crippen molar-refractivity contribution in [1.29, 1.82) is 0 Å². The second-order valence-corrected chi connectivity index (χ2v) is 17.3. The van der Waals surface area contributed by atoms with Crippen molar-refractivity contribution in [3.8, 4) is 0 Å². The van der Waals surface area contributed by atoms with Gasteiger partial charge in [-0.3, -0.25) is 0 Å². The van der Waals surface area contributed by atoms with Gasteiger partial charge in [0.05, 0.1) is 0 Å². The molecular weight excluding hydrogens is 431 g/mol. The summed E-state index contributed by atoms with van der Waals surface area (Å²) >= 11 is -3.06. The average molecular weight is 457 g/mol. The third kappa shape index (κ3) is 3.26. The molecule has 0 aromatic heterocycles. The van der Waals surface area contributed by atoms with Crippen LogP contribution in [0.3, 0.4) is 0 Å². The number of fused-ring (bicyclic) bond motifs is 3. The zero-order valence-corrected chi connectivity index (χ0v) is 17.8. The van der Waals surface area contributed by atoms with Crippen molar-refractivity contribution in [3.05, 3.63) is 35.9 Å². The maximum atomic E-state index is 6.58. The van der Waals surface area contributed by atoms with Gasteiger partial charge in [-0.2, -0.15) is 0 Å². The molecule has 3 saturated heterocycles. The van der Waals surface area contributed by atoms with Crippen LogP contribution in [0.25, 0.3) is 0 Å². The summed E-state index contributed by atoms with van der Waals surface area (Å²) in [6.45, 7) is 4.78. The molecule has 0 N–H and O–H groups in total. The maximum absolute atomic E-state index is 6.58. The van der Waals surface area contributed by atoms with Gasteiger partial charge in [0.15, 0.2) is 0 Å². The first kappa shape index (κ1) is 18.2. The van der Waals surface area contributed by atoms with Gasteiger partial charge >= 0.3 is 154 Å². The zero-order valence-electron chi connectivity index (χ0n) is 14.9. The van der Waals surface area contributed by atoms with Crippen LogP contribution in [0, 0.1) is 0 Å². The number of rotatable bonds is 4. The number of ether oxygens (including phenoxy) is 4. The molecule has 138 valence electrons. The van der Waals surface area contributed by atoms with E-state index in [4.69, 9.17) is 25.1 Å². The number of benzene rings is 1. The molecule has 1 aromatic carbocycles. The molecule has 3 heterocycles. The van der Waals surface area contributed by atoms with Crippen LogP contribution in [0.5, 0.6) is 0 Å². The number of hydrogen-bond acceptors (Lipinski definition) is 6. The second kappa shape index (κ2) is 7.42. The fourth-order valence-corrected chi connectivity index (χ4v) is 11.7. The molecule has 6 nitrogen and oxygen atoms in total. The fraction of sp³-hybridized carbons (Fsp3) is 0.667. The topological polar surface area (TPSA) is 55.4 Å². The zero-order chi connectivity index (χ0) is 17.4. The molecule has 0 aliphatic carbocycles. The normalized spacial score (nSPS) is 39.6. The Balaban J connectivity index is 1.58. The van der Waals surface area contributed by atoms with E-state index >= 15 is 0 Å². The molecule has 0 saturated carbocycles. The van der Waals surface area contributed by atoms with E-state index in [2.05, 4.69) is 13.8 Å². The third-order valence-electron chi connectivity index (χ3n) is 5.37. The van der Waals surface area contributed by atoms with Gasteiger partial charge < -0.3 is 0 Å². The molecule has 0 bridgehead atoms. The number of hydrogen-bond donors (Lipinski definition) is 0. The molecule has 6 atom stereocenters. The van der Waals surface area contributed by atoms with Crippen molar-refractivity contribution in [2.45, 2.75) is 59.7 Å². The van der Waals surface area contributed by atoms with Crippen LogP contribution in [-0.4, -0.2) is 63.6 Å². The molecule has 1 aromatic rings. The number of methoxy groups -OCH3 is 1. The summed E-state index contributed by atoms with van der Waals surface area (Å²) in [5, 5.41) is 0. The van der Waals surface area contributed by atoms with Crippen LogP contribution >= 0.6 is 0 Å². The monoisotopic (exact) mass is 458 g/mol. The molecule has 0 amide bonds.